The minimum absolute atomic E-state index is 0.229. The quantitative estimate of drug-likeness (QED) is 0.501. The lowest BCUT2D eigenvalue weighted by Crippen LogP contribution is -2.16. The Morgan fingerprint density at radius 3 is 2.48 bits per heavy atom. The highest BCUT2D eigenvalue weighted by Gasteiger charge is 2.22. The second-order valence-electron chi connectivity index (χ2n) is 7.01. The second-order valence-corrected chi connectivity index (χ2v) is 7.01. The van der Waals surface area contributed by atoms with Crippen LogP contribution in [0.4, 0.5) is 0 Å². The minimum Gasteiger partial charge on any atom is -0.454 e. The molecule has 0 fully saturated rings. The molecule has 0 aliphatic heterocycles. The van der Waals surface area contributed by atoms with Crippen molar-refractivity contribution in [3.8, 4) is 0 Å². The number of aryl methyl sites for hydroxylation is 3. The third kappa shape index (κ3) is 3.37. The number of carbonyl (C=O) groups is 2. The molecule has 0 unspecified atom stereocenters. The van der Waals surface area contributed by atoms with Gasteiger partial charge in [0.2, 0.25) is 5.78 Å². The lowest BCUT2D eigenvalue weighted by Gasteiger charge is -2.13. The van der Waals surface area contributed by atoms with Crippen molar-refractivity contribution in [2.45, 2.75) is 47.6 Å². The van der Waals surface area contributed by atoms with Crippen molar-refractivity contribution in [2.75, 3.05) is 6.61 Å². The molecule has 7 heteroatoms. The largest absolute Gasteiger partial charge is 0.454 e. The van der Waals surface area contributed by atoms with Crippen LogP contribution in [0.3, 0.4) is 0 Å². The monoisotopic (exact) mass is 369 g/mol. The molecular weight excluding hydrogens is 346 g/mol. The molecule has 0 saturated heterocycles. The Balaban J connectivity index is 1.82. The molecule has 7 nitrogen and oxygen atoms in total. The summed E-state index contributed by atoms with van der Waals surface area (Å²) in [6.45, 7) is 11.1. The molecule has 0 aliphatic rings. The van der Waals surface area contributed by atoms with E-state index < -0.39 is 5.97 Å². The summed E-state index contributed by atoms with van der Waals surface area (Å²) in [6, 6.07) is 3.70. The SMILES string of the molecule is Cc1cc(C(=O)OCC(=O)c2cc(C)n(C(C)C)c2C)c2c(C)noc2n1. The number of hydrogen-bond acceptors (Lipinski definition) is 6. The Bertz CT molecular complexity index is 1040. The first kappa shape index (κ1) is 18.8. The molecule has 0 N–H and O–H groups in total. The fraction of sp³-hybridized carbons (Fsp3) is 0.400. The molecule has 142 valence electrons. The number of ether oxygens (including phenoxy) is 1. The van der Waals surface area contributed by atoms with E-state index in [9.17, 15) is 9.59 Å². The molecule has 27 heavy (non-hydrogen) atoms. The van der Waals surface area contributed by atoms with Crippen LogP contribution >= 0.6 is 0 Å². The van der Waals surface area contributed by atoms with Crippen molar-refractivity contribution in [3.63, 3.8) is 0 Å². The third-order valence-electron chi connectivity index (χ3n) is 4.60. The summed E-state index contributed by atoms with van der Waals surface area (Å²) in [5.74, 6) is -0.824. The number of rotatable bonds is 5. The van der Waals surface area contributed by atoms with E-state index in [1.165, 1.54) is 0 Å². The van der Waals surface area contributed by atoms with E-state index in [-0.39, 0.29) is 24.1 Å². The van der Waals surface area contributed by atoms with Gasteiger partial charge in [-0.1, -0.05) is 5.16 Å². The second kappa shape index (κ2) is 6.98. The Hall–Kier alpha value is -2.96. The lowest BCUT2D eigenvalue weighted by molar-refractivity contribution is 0.0476. The Labute approximate surface area is 157 Å². The fourth-order valence-electron chi connectivity index (χ4n) is 3.52. The van der Waals surface area contributed by atoms with Crippen LogP contribution in [0.25, 0.3) is 11.1 Å². The zero-order valence-electron chi connectivity index (χ0n) is 16.4. The maximum absolute atomic E-state index is 12.6. The smallest absolute Gasteiger partial charge is 0.339 e. The van der Waals surface area contributed by atoms with Gasteiger partial charge in [-0.05, 0) is 53.7 Å². The first-order valence-corrected chi connectivity index (χ1v) is 8.83. The molecule has 0 spiro atoms. The van der Waals surface area contributed by atoms with Crippen LogP contribution in [0, 0.1) is 27.7 Å². The van der Waals surface area contributed by atoms with E-state index in [4.69, 9.17) is 9.26 Å². The Morgan fingerprint density at radius 1 is 1.15 bits per heavy atom. The van der Waals surface area contributed by atoms with E-state index in [0.717, 1.165) is 11.4 Å². The summed E-state index contributed by atoms with van der Waals surface area (Å²) >= 11 is 0. The number of ketones is 1. The van der Waals surface area contributed by atoms with Gasteiger partial charge in [-0.25, -0.2) is 9.78 Å². The molecule has 0 atom stereocenters. The van der Waals surface area contributed by atoms with Crippen LogP contribution in [0.5, 0.6) is 0 Å². The average Bonchev–Trinajstić information content (AvgIpc) is 3.11. The summed E-state index contributed by atoms with van der Waals surface area (Å²) in [5.41, 5.74) is 4.20. The summed E-state index contributed by atoms with van der Waals surface area (Å²) in [5, 5.41) is 4.36. The van der Waals surface area contributed by atoms with Crippen LogP contribution in [0.1, 0.15) is 63.4 Å². The van der Waals surface area contributed by atoms with Gasteiger partial charge >= 0.3 is 5.97 Å². The van der Waals surface area contributed by atoms with Gasteiger partial charge in [0.15, 0.2) is 6.61 Å². The molecular formula is C20H23N3O4. The molecule has 3 aromatic rings. The van der Waals surface area contributed by atoms with Crippen LogP contribution in [0.15, 0.2) is 16.7 Å². The Kier molecular flexibility index (Phi) is 4.87. The fourth-order valence-corrected chi connectivity index (χ4v) is 3.52. The summed E-state index contributed by atoms with van der Waals surface area (Å²) in [4.78, 5) is 29.4. The van der Waals surface area contributed by atoms with E-state index in [1.54, 1.807) is 19.9 Å². The van der Waals surface area contributed by atoms with Gasteiger partial charge < -0.3 is 13.8 Å². The molecule has 3 rings (SSSR count). The van der Waals surface area contributed by atoms with Gasteiger partial charge in [0.1, 0.15) is 0 Å². The summed E-state index contributed by atoms with van der Waals surface area (Å²) < 4.78 is 12.5. The third-order valence-corrected chi connectivity index (χ3v) is 4.60. The first-order valence-electron chi connectivity index (χ1n) is 8.83. The predicted molar refractivity (Wildman–Crippen MR) is 100 cm³/mol. The normalized spacial score (nSPS) is 11.4. The molecule has 0 aliphatic carbocycles. The van der Waals surface area contributed by atoms with Crippen molar-refractivity contribution in [3.05, 3.63) is 46.0 Å². The molecule has 3 heterocycles. The van der Waals surface area contributed by atoms with Crippen molar-refractivity contribution < 1.29 is 18.8 Å². The minimum atomic E-state index is -0.595. The van der Waals surface area contributed by atoms with Crippen molar-refractivity contribution in [2.24, 2.45) is 0 Å². The van der Waals surface area contributed by atoms with Gasteiger partial charge in [-0.2, -0.15) is 0 Å². The predicted octanol–water partition coefficient (Wildman–Crippen LogP) is 3.88. The number of nitrogens with zero attached hydrogens (tertiary/aromatic N) is 3. The summed E-state index contributed by atoms with van der Waals surface area (Å²) in [7, 11) is 0. The number of esters is 1. The van der Waals surface area contributed by atoms with Gasteiger partial charge in [0.25, 0.3) is 5.71 Å². The molecule has 0 amide bonds. The van der Waals surface area contributed by atoms with E-state index in [2.05, 4.69) is 28.6 Å². The molecule has 0 saturated carbocycles. The molecule has 0 aromatic carbocycles. The first-order chi connectivity index (χ1) is 12.7. The van der Waals surface area contributed by atoms with E-state index in [1.807, 2.05) is 19.9 Å². The Morgan fingerprint density at radius 2 is 1.85 bits per heavy atom. The molecule has 0 bridgehead atoms. The zero-order chi connectivity index (χ0) is 19.9. The highest BCUT2D eigenvalue weighted by molar-refractivity contribution is 6.05. The molecule has 3 aromatic heterocycles. The topological polar surface area (TPSA) is 87.2 Å². The van der Waals surface area contributed by atoms with Crippen LogP contribution in [0.2, 0.25) is 0 Å². The van der Waals surface area contributed by atoms with Crippen LogP contribution in [-0.2, 0) is 4.74 Å². The summed E-state index contributed by atoms with van der Waals surface area (Å²) in [6.07, 6.45) is 0. The average molecular weight is 369 g/mol. The number of pyridine rings is 1. The maximum Gasteiger partial charge on any atom is 0.339 e. The van der Waals surface area contributed by atoms with Gasteiger partial charge in [-0.3, -0.25) is 4.79 Å². The van der Waals surface area contributed by atoms with Gasteiger partial charge in [-0.15, -0.1) is 0 Å². The number of carbonyl (C=O) groups excluding carboxylic acids is 2. The number of fused-ring (bicyclic) bond motifs is 1. The standard InChI is InChI=1S/C20H23N3O4/c1-10(2)23-12(4)8-15(14(23)6)17(24)9-26-20(25)16-7-11(3)21-19-18(16)13(5)22-27-19/h7-8,10H,9H2,1-6H3. The highest BCUT2D eigenvalue weighted by atomic mass is 16.5. The van der Waals surface area contributed by atoms with Gasteiger partial charge in [0.05, 0.1) is 16.6 Å². The number of hydrogen-bond donors (Lipinski definition) is 0. The zero-order valence-corrected chi connectivity index (χ0v) is 16.4. The van der Waals surface area contributed by atoms with Crippen LogP contribution in [-0.4, -0.2) is 33.1 Å². The maximum atomic E-state index is 12.6. The van der Waals surface area contributed by atoms with Crippen molar-refractivity contribution in [1.29, 1.82) is 0 Å². The van der Waals surface area contributed by atoms with Gasteiger partial charge in [0, 0.05) is 28.7 Å². The van der Waals surface area contributed by atoms with E-state index in [0.29, 0.717) is 27.9 Å². The van der Waals surface area contributed by atoms with Crippen LogP contribution < -0.4 is 0 Å². The highest BCUT2D eigenvalue weighted by Crippen LogP contribution is 2.23. The number of aromatic nitrogens is 3. The lowest BCUT2D eigenvalue weighted by atomic mass is 10.1. The number of Topliss-reactive ketones (excluding diaryl/α,β-unsaturated/α-hetero) is 1. The van der Waals surface area contributed by atoms with E-state index >= 15 is 0 Å². The van der Waals surface area contributed by atoms with Crippen molar-refractivity contribution in [1.82, 2.24) is 14.7 Å². The van der Waals surface area contributed by atoms with Crippen molar-refractivity contribution >= 4 is 22.9 Å². The molecule has 0 radical (unpaired) electrons.